The summed E-state index contributed by atoms with van der Waals surface area (Å²) in [6.45, 7) is 6.82. The van der Waals surface area contributed by atoms with Crippen molar-refractivity contribution in [2.75, 3.05) is 14.2 Å². The third-order valence-corrected chi connectivity index (χ3v) is 7.20. The fourth-order valence-electron chi connectivity index (χ4n) is 3.37. The number of hydrogen-bond acceptors (Lipinski definition) is 4. The maximum Gasteiger partial charge on any atom is 0.243 e. The molecule has 0 aliphatic carbocycles. The van der Waals surface area contributed by atoms with Gasteiger partial charge in [0.25, 0.3) is 0 Å². The lowest BCUT2D eigenvalue weighted by Crippen LogP contribution is -2.30. The summed E-state index contributed by atoms with van der Waals surface area (Å²) in [7, 11) is -0.505. The highest BCUT2D eigenvalue weighted by Gasteiger charge is 2.26. The van der Waals surface area contributed by atoms with Gasteiger partial charge in [0.2, 0.25) is 10.0 Å². The molecular formula is C26H31NO4S. The molecule has 5 nitrogen and oxygen atoms in total. The molecule has 0 radical (unpaired) electrons. The predicted octanol–water partition coefficient (Wildman–Crippen LogP) is 5.39. The molecule has 0 bridgehead atoms. The molecule has 0 aliphatic rings. The van der Waals surface area contributed by atoms with Crippen LogP contribution in [0.1, 0.15) is 37.5 Å². The van der Waals surface area contributed by atoms with Gasteiger partial charge in [0.1, 0.15) is 11.5 Å². The third kappa shape index (κ3) is 5.69. The van der Waals surface area contributed by atoms with E-state index in [0.29, 0.717) is 0 Å². The number of hydrogen-bond donors (Lipinski definition) is 0. The average Bonchev–Trinajstić information content (AvgIpc) is 2.79. The molecule has 0 aromatic heterocycles. The molecule has 0 saturated heterocycles. The summed E-state index contributed by atoms with van der Waals surface area (Å²) in [6, 6.07) is 22.1. The zero-order valence-electron chi connectivity index (χ0n) is 19.3. The number of benzene rings is 3. The SMILES string of the molecule is COc1ccc(CN(Cc2ccc(OC)cc2)S(=O)(=O)c2ccc(C(C)(C)C)cc2)cc1. The fourth-order valence-corrected chi connectivity index (χ4v) is 4.79. The first-order valence-corrected chi connectivity index (χ1v) is 11.9. The van der Waals surface area contributed by atoms with Crippen LogP contribution >= 0.6 is 0 Å². The Morgan fingerprint density at radius 1 is 0.688 bits per heavy atom. The predicted molar refractivity (Wildman–Crippen MR) is 128 cm³/mol. The maximum absolute atomic E-state index is 13.6. The van der Waals surface area contributed by atoms with Crippen LogP contribution in [0.2, 0.25) is 0 Å². The lowest BCUT2D eigenvalue weighted by molar-refractivity contribution is 0.397. The molecule has 3 rings (SSSR count). The topological polar surface area (TPSA) is 55.8 Å². The largest absolute Gasteiger partial charge is 0.497 e. The highest BCUT2D eigenvalue weighted by atomic mass is 32.2. The second kappa shape index (κ2) is 9.76. The molecule has 0 unspecified atom stereocenters. The zero-order valence-corrected chi connectivity index (χ0v) is 20.1. The van der Waals surface area contributed by atoms with Gasteiger partial charge >= 0.3 is 0 Å². The molecule has 0 saturated carbocycles. The summed E-state index contributed by atoms with van der Waals surface area (Å²) < 4.78 is 39.2. The van der Waals surface area contributed by atoms with Crippen molar-refractivity contribution >= 4 is 10.0 Å². The Bertz CT molecular complexity index is 1060. The van der Waals surface area contributed by atoms with Crippen LogP contribution in [0.15, 0.2) is 77.7 Å². The van der Waals surface area contributed by atoms with Gasteiger partial charge in [-0.2, -0.15) is 4.31 Å². The van der Waals surface area contributed by atoms with Gasteiger partial charge < -0.3 is 9.47 Å². The van der Waals surface area contributed by atoms with E-state index in [1.807, 2.05) is 60.7 Å². The van der Waals surface area contributed by atoms with Gasteiger partial charge in [-0.05, 0) is 58.5 Å². The number of methoxy groups -OCH3 is 2. The minimum Gasteiger partial charge on any atom is -0.497 e. The van der Waals surface area contributed by atoms with Crippen LogP contribution in [-0.2, 0) is 28.5 Å². The highest BCUT2D eigenvalue weighted by molar-refractivity contribution is 7.89. The molecule has 32 heavy (non-hydrogen) atoms. The van der Waals surface area contributed by atoms with Crippen LogP contribution in [-0.4, -0.2) is 26.9 Å². The molecule has 0 atom stereocenters. The van der Waals surface area contributed by atoms with E-state index in [4.69, 9.17) is 9.47 Å². The highest BCUT2D eigenvalue weighted by Crippen LogP contribution is 2.27. The summed E-state index contributed by atoms with van der Waals surface area (Å²) in [5, 5.41) is 0. The summed E-state index contributed by atoms with van der Waals surface area (Å²) in [5.74, 6) is 1.46. The number of rotatable bonds is 8. The first-order chi connectivity index (χ1) is 15.1. The second-order valence-corrected chi connectivity index (χ2v) is 10.7. The van der Waals surface area contributed by atoms with Crippen molar-refractivity contribution in [3.63, 3.8) is 0 Å². The summed E-state index contributed by atoms with van der Waals surface area (Å²) in [6.07, 6.45) is 0. The van der Waals surface area contributed by atoms with Crippen molar-refractivity contribution in [2.45, 2.75) is 44.2 Å². The molecule has 170 valence electrons. The van der Waals surface area contributed by atoms with E-state index in [1.54, 1.807) is 26.4 Å². The van der Waals surface area contributed by atoms with Crippen molar-refractivity contribution in [3.8, 4) is 11.5 Å². The van der Waals surface area contributed by atoms with Crippen LogP contribution in [0.4, 0.5) is 0 Å². The Hall–Kier alpha value is -2.83. The molecule has 3 aromatic rings. The first kappa shape index (κ1) is 23.8. The van der Waals surface area contributed by atoms with Crippen molar-refractivity contribution in [1.82, 2.24) is 4.31 Å². The van der Waals surface area contributed by atoms with Gasteiger partial charge in [0.05, 0.1) is 19.1 Å². The van der Waals surface area contributed by atoms with E-state index in [2.05, 4.69) is 20.8 Å². The van der Waals surface area contributed by atoms with E-state index >= 15 is 0 Å². The standard InChI is InChI=1S/C26H31NO4S/c1-26(2,3)22-10-16-25(17-11-22)32(28,29)27(18-20-6-12-23(30-4)13-7-20)19-21-8-14-24(31-5)15-9-21/h6-17H,18-19H2,1-5H3. The number of sulfonamides is 1. The third-order valence-electron chi connectivity index (χ3n) is 5.39. The monoisotopic (exact) mass is 453 g/mol. The van der Waals surface area contributed by atoms with Crippen molar-refractivity contribution < 1.29 is 17.9 Å². The normalized spacial score (nSPS) is 12.1. The Kier molecular flexibility index (Phi) is 7.26. The Balaban J connectivity index is 1.94. The van der Waals surface area contributed by atoms with Crippen LogP contribution in [0.25, 0.3) is 0 Å². The van der Waals surface area contributed by atoms with E-state index < -0.39 is 10.0 Å². The summed E-state index contributed by atoms with van der Waals surface area (Å²) in [4.78, 5) is 0.285. The van der Waals surface area contributed by atoms with Crippen molar-refractivity contribution in [3.05, 3.63) is 89.5 Å². The maximum atomic E-state index is 13.6. The fraction of sp³-hybridized carbons (Fsp3) is 0.308. The minimum atomic E-state index is -3.72. The molecule has 0 fully saturated rings. The molecule has 0 amide bonds. The molecule has 0 spiro atoms. The lowest BCUT2D eigenvalue weighted by atomic mass is 9.87. The molecule has 6 heteroatoms. The van der Waals surface area contributed by atoms with Gasteiger partial charge in [-0.25, -0.2) is 8.42 Å². The number of nitrogens with zero attached hydrogens (tertiary/aromatic N) is 1. The van der Waals surface area contributed by atoms with E-state index in [0.717, 1.165) is 28.2 Å². The molecule has 3 aromatic carbocycles. The van der Waals surface area contributed by atoms with Crippen LogP contribution in [0.5, 0.6) is 11.5 Å². The van der Waals surface area contributed by atoms with E-state index in [9.17, 15) is 8.42 Å². The minimum absolute atomic E-state index is 0.0475. The van der Waals surface area contributed by atoms with Gasteiger partial charge in [-0.15, -0.1) is 0 Å². The van der Waals surface area contributed by atoms with Crippen LogP contribution < -0.4 is 9.47 Å². The Morgan fingerprint density at radius 2 is 1.09 bits per heavy atom. The van der Waals surface area contributed by atoms with Gasteiger partial charge in [0, 0.05) is 13.1 Å². The van der Waals surface area contributed by atoms with Crippen LogP contribution in [0, 0.1) is 0 Å². The quantitative estimate of drug-likeness (QED) is 0.459. The first-order valence-electron chi connectivity index (χ1n) is 10.5. The summed E-state index contributed by atoms with van der Waals surface area (Å²) >= 11 is 0. The average molecular weight is 454 g/mol. The second-order valence-electron chi connectivity index (χ2n) is 8.74. The molecule has 0 N–H and O–H groups in total. The molecule has 0 aliphatic heterocycles. The van der Waals surface area contributed by atoms with Gasteiger partial charge in [-0.3, -0.25) is 0 Å². The van der Waals surface area contributed by atoms with Crippen molar-refractivity contribution in [2.24, 2.45) is 0 Å². The van der Waals surface area contributed by atoms with Crippen molar-refractivity contribution in [1.29, 1.82) is 0 Å². The summed E-state index contributed by atoms with van der Waals surface area (Å²) in [5.41, 5.74) is 2.81. The number of ether oxygens (including phenoxy) is 2. The zero-order chi connectivity index (χ0) is 23.4. The van der Waals surface area contributed by atoms with Gasteiger partial charge in [0.15, 0.2) is 0 Å². The van der Waals surface area contributed by atoms with Gasteiger partial charge in [-0.1, -0.05) is 57.2 Å². The lowest BCUT2D eigenvalue weighted by Gasteiger charge is -2.24. The van der Waals surface area contributed by atoms with E-state index in [1.165, 1.54) is 4.31 Å². The molecule has 0 heterocycles. The van der Waals surface area contributed by atoms with E-state index in [-0.39, 0.29) is 23.4 Å². The molecular weight excluding hydrogens is 422 g/mol. The smallest absolute Gasteiger partial charge is 0.243 e. The Labute approximate surface area is 191 Å². The van der Waals surface area contributed by atoms with Crippen LogP contribution in [0.3, 0.4) is 0 Å². The Morgan fingerprint density at radius 3 is 1.44 bits per heavy atom.